The summed E-state index contributed by atoms with van der Waals surface area (Å²) in [6.45, 7) is 3.64. The zero-order valence-electron chi connectivity index (χ0n) is 14.3. The van der Waals surface area contributed by atoms with Gasteiger partial charge in [-0.2, -0.15) is 0 Å². The van der Waals surface area contributed by atoms with Crippen LogP contribution in [0.5, 0.6) is 11.5 Å². The predicted molar refractivity (Wildman–Crippen MR) is 98.5 cm³/mol. The van der Waals surface area contributed by atoms with Crippen molar-refractivity contribution in [3.63, 3.8) is 0 Å². The molecule has 0 fully saturated rings. The van der Waals surface area contributed by atoms with Gasteiger partial charge in [-0.1, -0.05) is 0 Å². The maximum absolute atomic E-state index is 12.5. The molecule has 1 aromatic carbocycles. The smallest absolute Gasteiger partial charge is 0.266 e. The number of pyridine rings is 1. The number of halogens is 1. The summed E-state index contributed by atoms with van der Waals surface area (Å²) < 4.78 is 11.7. The SMILES string of the molecule is CCN(C(=O)COc1ccc(C(C)=O)cc1OC)c1ccc(Br)cn1. The van der Waals surface area contributed by atoms with Crippen molar-refractivity contribution in [3.8, 4) is 11.5 Å². The maximum Gasteiger partial charge on any atom is 0.266 e. The Morgan fingerprint density at radius 3 is 2.52 bits per heavy atom. The lowest BCUT2D eigenvalue weighted by molar-refractivity contribution is -0.120. The van der Waals surface area contributed by atoms with Crippen LogP contribution in [-0.4, -0.2) is 36.9 Å². The molecule has 0 N–H and O–H groups in total. The summed E-state index contributed by atoms with van der Waals surface area (Å²) in [5.74, 6) is 1.07. The highest BCUT2D eigenvalue weighted by Crippen LogP contribution is 2.28. The molecule has 0 unspecified atom stereocenters. The summed E-state index contributed by atoms with van der Waals surface area (Å²) in [5.41, 5.74) is 0.518. The fourth-order valence-electron chi connectivity index (χ4n) is 2.22. The molecule has 132 valence electrons. The molecule has 1 aromatic heterocycles. The van der Waals surface area contributed by atoms with Gasteiger partial charge in [0.15, 0.2) is 23.9 Å². The van der Waals surface area contributed by atoms with E-state index in [0.29, 0.717) is 29.4 Å². The quantitative estimate of drug-likeness (QED) is 0.658. The van der Waals surface area contributed by atoms with Gasteiger partial charge in [0.05, 0.1) is 7.11 Å². The van der Waals surface area contributed by atoms with Gasteiger partial charge in [0.2, 0.25) is 0 Å². The van der Waals surface area contributed by atoms with Crippen LogP contribution < -0.4 is 14.4 Å². The molecule has 1 heterocycles. The topological polar surface area (TPSA) is 68.7 Å². The fraction of sp³-hybridized carbons (Fsp3) is 0.278. The Kier molecular flexibility index (Phi) is 6.52. The van der Waals surface area contributed by atoms with Crippen LogP contribution in [0.2, 0.25) is 0 Å². The highest BCUT2D eigenvalue weighted by Gasteiger charge is 2.17. The zero-order valence-corrected chi connectivity index (χ0v) is 15.9. The molecule has 0 spiro atoms. The van der Waals surface area contributed by atoms with Crippen molar-refractivity contribution in [1.82, 2.24) is 4.98 Å². The van der Waals surface area contributed by atoms with Crippen molar-refractivity contribution in [2.24, 2.45) is 0 Å². The normalized spacial score (nSPS) is 10.2. The van der Waals surface area contributed by atoms with E-state index in [1.165, 1.54) is 18.9 Å². The van der Waals surface area contributed by atoms with E-state index in [9.17, 15) is 9.59 Å². The van der Waals surface area contributed by atoms with Crippen molar-refractivity contribution in [2.45, 2.75) is 13.8 Å². The lowest BCUT2D eigenvalue weighted by Crippen LogP contribution is -2.35. The molecule has 0 saturated heterocycles. The number of amides is 1. The average molecular weight is 407 g/mol. The van der Waals surface area contributed by atoms with Gasteiger partial charge in [-0.3, -0.25) is 14.5 Å². The van der Waals surface area contributed by atoms with Crippen LogP contribution in [0.3, 0.4) is 0 Å². The molecule has 1 amide bonds. The van der Waals surface area contributed by atoms with Gasteiger partial charge in [0, 0.05) is 22.8 Å². The number of carbonyl (C=O) groups excluding carboxylic acids is 2. The second kappa shape index (κ2) is 8.62. The lowest BCUT2D eigenvalue weighted by atomic mass is 10.1. The second-order valence-corrected chi connectivity index (χ2v) is 6.10. The largest absolute Gasteiger partial charge is 0.493 e. The third-order valence-corrected chi connectivity index (χ3v) is 4.00. The van der Waals surface area contributed by atoms with Crippen LogP contribution in [0.1, 0.15) is 24.2 Å². The Morgan fingerprint density at radius 2 is 1.96 bits per heavy atom. The van der Waals surface area contributed by atoms with Crippen LogP contribution in [0.4, 0.5) is 5.82 Å². The van der Waals surface area contributed by atoms with Crippen molar-refractivity contribution < 1.29 is 19.1 Å². The molecule has 0 aliphatic rings. The number of ketones is 1. The minimum absolute atomic E-state index is 0.0700. The number of benzene rings is 1. The number of ether oxygens (including phenoxy) is 2. The van der Waals surface area contributed by atoms with E-state index in [1.807, 2.05) is 13.0 Å². The summed E-state index contributed by atoms with van der Waals surface area (Å²) in [7, 11) is 1.48. The number of likely N-dealkylation sites (N-methyl/N-ethyl adjacent to an activating group) is 1. The minimum Gasteiger partial charge on any atom is -0.493 e. The van der Waals surface area contributed by atoms with Crippen LogP contribution in [0.15, 0.2) is 41.0 Å². The average Bonchev–Trinajstić information content (AvgIpc) is 2.61. The maximum atomic E-state index is 12.5. The van der Waals surface area contributed by atoms with Gasteiger partial charge in [-0.05, 0) is 60.1 Å². The molecular formula is C18H19BrN2O4. The van der Waals surface area contributed by atoms with Gasteiger partial charge in [0.1, 0.15) is 5.82 Å². The predicted octanol–water partition coefficient (Wildman–Crippen LogP) is 3.49. The highest BCUT2D eigenvalue weighted by molar-refractivity contribution is 9.10. The van der Waals surface area contributed by atoms with Gasteiger partial charge in [0.25, 0.3) is 5.91 Å². The van der Waals surface area contributed by atoms with E-state index in [1.54, 1.807) is 30.5 Å². The van der Waals surface area contributed by atoms with Gasteiger partial charge in [-0.15, -0.1) is 0 Å². The Morgan fingerprint density at radius 1 is 1.20 bits per heavy atom. The van der Waals surface area contributed by atoms with Crippen LogP contribution in [0.25, 0.3) is 0 Å². The van der Waals surface area contributed by atoms with E-state index in [-0.39, 0.29) is 18.3 Å². The van der Waals surface area contributed by atoms with Crippen molar-refractivity contribution in [3.05, 3.63) is 46.6 Å². The van der Waals surface area contributed by atoms with Crippen molar-refractivity contribution in [2.75, 3.05) is 25.2 Å². The van der Waals surface area contributed by atoms with Crippen molar-refractivity contribution in [1.29, 1.82) is 0 Å². The third kappa shape index (κ3) is 4.79. The number of hydrogen-bond donors (Lipinski definition) is 0. The lowest BCUT2D eigenvalue weighted by Gasteiger charge is -2.20. The summed E-state index contributed by atoms with van der Waals surface area (Å²) in [4.78, 5) is 29.7. The number of Topliss-reactive ketones (excluding diaryl/α,β-unsaturated/α-hetero) is 1. The van der Waals surface area contributed by atoms with Crippen molar-refractivity contribution >= 4 is 33.4 Å². The third-order valence-electron chi connectivity index (χ3n) is 3.53. The Labute approximate surface area is 154 Å². The number of methoxy groups -OCH3 is 1. The molecule has 0 saturated carbocycles. The van der Waals surface area contributed by atoms with Crippen LogP contribution in [-0.2, 0) is 4.79 Å². The molecule has 0 aliphatic heterocycles. The molecule has 2 aromatic rings. The van der Waals surface area contributed by atoms with E-state index in [0.717, 1.165) is 4.47 Å². The molecule has 7 heteroatoms. The summed E-state index contributed by atoms with van der Waals surface area (Å²) in [6.07, 6.45) is 1.63. The fourth-order valence-corrected chi connectivity index (χ4v) is 2.45. The first-order valence-corrected chi connectivity index (χ1v) is 8.49. The monoisotopic (exact) mass is 406 g/mol. The highest BCUT2D eigenvalue weighted by atomic mass is 79.9. The van der Waals surface area contributed by atoms with E-state index in [4.69, 9.17) is 9.47 Å². The zero-order chi connectivity index (χ0) is 18.4. The molecule has 2 rings (SSSR count). The second-order valence-electron chi connectivity index (χ2n) is 5.18. The first kappa shape index (κ1) is 18.9. The summed E-state index contributed by atoms with van der Waals surface area (Å²) in [6, 6.07) is 8.43. The standard InChI is InChI=1S/C18H19BrN2O4/c1-4-21(17-8-6-14(19)10-20-17)18(23)11-25-15-7-5-13(12(2)22)9-16(15)24-3/h5-10H,4,11H2,1-3H3. The molecule has 0 atom stereocenters. The molecular weight excluding hydrogens is 388 g/mol. The Hall–Kier alpha value is -2.41. The Bertz CT molecular complexity index is 762. The first-order valence-electron chi connectivity index (χ1n) is 7.70. The number of hydrogen-bond acceptors (Lipinski definition) is 5. The van der Waals surface area contributed by atoms with E-state index < -0.39 is 0 Å². The number of nitrogens with zero attached hydrogens (tertiary/aromatic N) is 2. The Balaban J connectivity index is 2.10. The summed E-state index contributed by atoms with van der Waals surface area (Å²) in [5, 5.41) is 0. The number of anilines is 1. The number of aromatic nitrogens is 1. The van der Waals surface area contributed by atoms with E-state index >= 15 is 0 Å². The van der Waals surface area contributed by atoms with Crippen LogP contribution >= 0.6 is 15.9 Å². The van der Waals surface area contributed by atoms with Crippen LogP contribution in [0, 0.1) is 0 Å². The molecule has 25 heavy (non-hydrogen) atoms. The molecule has 6 nitrogen and oxygen atoms in total. The van der Waals surface area contributed by atoms with Gasteiger partial charge >= 0.3 is 0 Å². The van der Waals surface area contributed by atoms with Gasteiger partial charge in [-0.25, -0.2) is 4.98 Å². The molecule has 0 bridgehead atoms. The summed E-state index contributed by atoms with van der Waals surface area (Å²) >= 11 is 3.32. The first-order chi connectivity index (χ1) is 12.0. The van der Waals surface area contributed by atoms with Gasteiger partial charge < -0.3 is 9.47 Å². The molecule has 0 radical (unpaired) electrons. The minimum atomic E-state index is -0.227. The van der Waals surface area contributed by atoms with E-state index in [2.05, 4.69) is 20.9 Å². The number of rotatable bonds is 7. The molecule has 0 aliphatic carbocycles. The number of carbonyl (C=O) groups is 2.